The fourth-order valence-corrected chi connectivity index (χ4v) is 1.70. The quantitative estimate of drug-likeness (QED) is 0.238. The maximum Gasteiger partial charge on any atom is 0.119 e. The highest BCUT2D eigenvalue weighted by Gasteiger charge is 1.91. The van der Waals surface area contributed by atoms with Crippen LogP contribution >= 0.6 is 0 Å². The Hall–Kier alpha value is -0.590. The molecule has 100 valence electrons. The van der Waals surface area contributed by atoms with Gasteiger partial charge in [-0.05, 0) is 25.6 Å². The van der Waals surface area contributed by atoms with Gasteiger partial charge < -0.3 is 4.79 Å². The van der Waals surface area contributed by atoms with E-state index in [2.05, 4.69) is 6.92 Å². The summed E-state index contributed by atoms with van der Waals surface area (Å²) in [5, 5.41) is 0. The molecule has 0 aliphatic heterocycles. The Kier molecular flexibility index (Phi) is 10.4. The molecule has 0 heterocycles. The van der Waals surface area contributed by atoms with Crippen molar-refractivity contribution in [2.24, 2.45) is 0 Å². The average molecular weight is 241 g/mol. The molecule has 0 aromatic heterocycles. The zero-order valence-corrected chi connectivity index (χ0v) is 11.3. The first kappa shape index (κ1) is 11.5. The van der Waals surface area contributed by atoms with E-state index in [1.165, 1.54) is 0 Å². The van der Waals surface area contributed by atoms with Crippen LogP contribution in [0.15, 0.2) is 12.2 Å². The predicted octanol–water partition coefficient (Wildman–Crippen LogP) is 5.44. The molecule has 0 fully saturated rings. The lowest BCUT2D eigenvalue weighted by atomic mass is 10.1. The maximum atomic E-state index is 10.4. The SMILES string of the molecule is [2H]C(=O)CCCCCCCCC([2H])([2H])/C=C\CCCC. The molecule has 0 aliphatic carbocycles. The Morgan fingerprint density at radius 2 is 1.53 bits per heavy atom. The summed E-state index contributed by atoms with van der Waals surface area (Å²) >= 11 is 0. The standard InChI is InChI=1S/C16H30O/c1-2-3-4-5-6-7-8-9-10-11-12-13-14-15-16-17/h5-6,16H,2-4,7-15H2,1H3/b6-5-/i7D2,16D. The molecule has 0 bridgehead atoms. The van der Waals surface area contributed by atoms with E-state index in [9.17, 15) is 4.79 Å². The van der Waals surface area contributed by atoms with Crippen molar-refractivity contribution < 1.29 is 8.91 Å². The first-order valence-electron chi connectivity index (χ1n) is 8.65. The molecule has 1 nitrogen and oxygen atoms in total. The molecule has 0 atom stereocenters. The van der Waals surface area contributed by atoms with E-state index < -0.39 is 12.6 Å². The Morgan fingerprint density at radius 1 is 0.882 bits per heavy atom. The number of hydrogen-bond acceptors (Lipinski definition) is 1. The summed E-state index contributed by atoms with van der Waals surface area (Å²) in [6, 6.07) is 0. The van der Waals surface area contributed by atoms with Crippen molar-refractivity contribution in [2.75, 3.05) is 0 Å². The van der Waals surface area contributed by atoms with Gasteiger partial charge in [0.15, 0.2) is 0 Å². The van der Waals surface area contributed by atoms with Crippen molar-refractivity contribution in [3.05, 3.63) is 12.2 Å². The minimum atomic E-state index is -1.16. The zero-order chi connectivity index (χ0) is 15.3. The van der Waals surface area contributed by atoms with Crippen LogP contribution in [0.25, 0.3) is 0 Å². The molecule has 1 heteroatoms. The van der Waals surface area contributed by atoms with Crippen LogP contribution in [-0.4, -0.2) is 6.26 Å². The first-order valence-corrected chi connectivity index (χ1v) is 7.15. The van der Waals surface area contributed by atoms with E-state index in [4.69, 9.17) is 4.11 Å². The minimum absolute atomic E-state index is 0.380. The fraction of sp³-hybridized carbons (Fsp3) is 0.812. The molecular weight excluding hydrogens is 208 g/mol. The monoisotopic (exact) mass is 241 g/mol. The number of hydrogen-bond donors (Lipinski definition) is 0. The number of carbonyl (C=O) groups is 1. The van der Waals surface area contributed by atoms with E-state index in [0.717, 1.165) is 57.8 Å². The topological polar surface area (TPSA) is 17.1 Å². The average Bonchev–Trinajstić information content (AvgIpc) is 2.37. The summed E-state index contributed by atoms with van der Waals surface area (Å²) in [5.74, 6) is 0. The fourth-order valence-electron chi connectivity index (χ4n) is 1.70. The summed E-state index contributed by atoms with van der Waals surface area (Å²) < 4.78 is 22.5. The summed E-state index contributed by atoms with van der Waals surface area (Å²) in [5.41, 5.74) is 0. The van der Waals surface area contributed by atoms with Crippen molar-refractivity contribution in [1.29, 1.82) is 0 Å². The Balaban J connectivity index is 3.48. The summed E-state index contributed by atoms with van der Waals surface area (Å²) in [7, 11) is 0. The smallest absolute Gasteiger partial charge is 0.119 e. The summed E-state index contributed by atoms with van der Waals surface area (Å²) in [6.07, 6.45) is 12.3. The third-order valence-corrected chi connectivity index (χ3v) is 2.81. The van der Waals surface area contributed by atoms with Crippen LogP contribution in [0.3, 0.4) is 0 Å². The van der Waals surface area contributed by atoms with Crippen molar-refractivity contribution in [3.63, 3.8) is 0 Å². The molecule has 0 aromatic carbocycles. The van der Waals surface area contributed by atoms with Gasteiger partial charge in [-0.3, -0.25) is 0 Å². The molecule has 0 spiro atoms. The molecule has 0 aromatic rings. The second-order valence-corrected chi connectivity index (χ2v) is 4.51. The van der Waals surface area contributed by atoms with E-state index in [0.29, 0.717) is 12.8 Å². The van der Waals surface area contributed by atoms with Gasteiger partial charge in [-0.15, -0.1) is 0 Å². The normalized spacial score (nSPS) is 14.5. The van der Waals surface area contributed by atoms with Gasteiger partial charge in [-0.1, -0.05) is 64.0 Å². The first-order chi connectivity index (χ1) is 9.48. The number of rotatable bonds is 13. The number of aldehydes is 1. The molecule has 0 amide bonds. The third kappa shape index (κ3) is 15.4. The van der Waals surface area contributed by atoms with Crippen molar-refractivity contribution in [2.45, 2.75) is 83.9 Å². The van der Waals surface area contributed by atoms with Crippen LogP contribution in [0.4, 0.5) is 0 Å². The van der Waals surface area contributed by atoms with Gasteiger partial charge in [0.25, 0.3) is 0 Å². The third-order valence-electron chi connectivity index (χ3n) is 2.81. The van der Waals surface area contributed by atoms with Crippen LogP contribution in [0.2, 0.25) is 0 Å². The van der Waals surface area contributed by atoms with Gasteiger partial charge in [0, 0.05) is 9.16 Å². The second kappa shape index (κ2) is 15.4. The Morgan fingerprint density at radius 3 is 2.18 bits per heavy atom. The van der Waals surface area contributed by atoms with E-state index in [-0.39, 0.29) is 0 Å². The van der Waals surface area contributed by atoms with Crippen LogP contribution in [0.1, 0.15) is 88.0 Å². The van der Waals surface area contributed by atoms with Gasteiger partial charge in [-0.25, -0.2) is 0 Å². The predicted molar refractivity (Wildman–Crippen MR) is 76.3 cm³/mol. The van der Waals surface area contributed by atoms with Gasteiger partial charge in [0.05, 0.1) is 0 Å². The molecule has 0 radical (unpaired) electrons. The molecule has 0 N–H and O–H groups in total. The van der Waals surface area contributed by atoms with Gasteiger partial charge in [0.2, 0.25) is 0 Å². The van der Waals surface area contributed by atoms with Gasteiger partial charge >= 0.3 is 0 Å². The molecule has 0 saturated carbocycles. The number of carbonyl (C=O) groups excluding carboxylic acids is 1. The van der Waals surface area contributed by atoms with Gasteiger partial charge in [0.1, 0.15) is 7.63 Å². The molecule has 0 unspecified atom stereocenters. The van der Waals surface area contributed by atoms with Crippen molar-refractivity contribution in [1.82, 2.24) is 0 Å². The van der Waals surface area contributed by atoms with E-state index >= 15 is 0 Å². The van der Waals surface area contributed by atoms with Crippen LogP contribution in [-0.2, 0) is 4.79 Å². The largest absolute Gasteiger partial charge is 0.303 e. The van der Waals surface area contributed by atoms with Crippen molar-refractivity contribution >= 4 is 6.26 Å². The Labute approximate surface area is 112 Å². The lowest BCUT2D eigenvalue weighted by molar-refractivity contribution is -0.107. The van der Waals surface area contributed by atoms with E-state index in [1.54, 1.807) is 6.08 Å². The summed E-state index contributed by atoms with van der Waals surface area (Å²) in [4.78, 5) is 10.4. The Bertz CT molecular complexity index is 275. The summed E-state index contributed by atoms with van der Waals surface area (Å²) in [6.45, 7) is 2.14. The molecule has 0 saturated heterocycles. The lowest BCUT2D eigenvalue weighted by Crippen LogP contribution is -1.81. The van der Waals surface area contributed by atoms with Crippen LogP contribution < -0.4 is 0 Å². The molecular formula is C16H30O. The lowest BCUT2D eigenvalue weighted by Gasteiger charge is -1.99. The minimum Gasteiger partial charge on any atom is -0.303 e. The maximum absolute atomic E-state index is 10.4. The molecule has 0 rings (SSSR count). The van der Waals surface area contributed by atoms with Gasteiger partial charge in [-0.2, -0.15) is 0 Å². The second-order valence-electron chi connectivity index (χ2n) is 4.51. The molecule has 17 heavy (non-hydrogen) atoms. The van der Waals surface area contributed by atoms with Crippen LogP contribution in [0.5, 0.6) is 0 Å². The van der Waals surface area contributed by atoms with E-state index in [1.807, 2.05) is 6.08 Å². The molecule has 0 aliphatic rings. The zero-order valence-electron chi connectivity index (χ0n) is 14.3. The highest BCUT2D eigenvalue weighted by Crippen LogP contribution is 2.09. The number of allylic oxidation sites excluding steroid dienone is 2. The highest BCUT2D eigenvalue weighted by molar-refractivity contribution is 5.48. The highest BCUT2D eigenvalue weighted by atomic mass is 16.1. The van der Waals surface area contributed by atoms with Crippen LogP contribution in [0, 0.1) is 0 Å². The van der Waals surface area contributed by atoms with Crippen molar-refractivity contribution in [3.8, 4) is 0 Å². The number of unbranched alkanes of at least 4 members (excludes halogenated alkanes) is 7.